The van der Waals surface area contributed by atoms with E-state index >= 15 is 0 Å². The van der Waals surface area contributed by atoms with Crippen LogP contribution in [0, 0.1) is 0 Å². The van der Waals surface area contributed by atoms with E-state index in [0.717, 1.165) is 38.8 Å². The summed E-state index contributed by atoms with van der Waals surface area (Å²) in [6.07, 6.45) is 0. The summed E-state index contributed by atoms with van der Waals surface area (Å²) < 4.78 is 4.60. The molecule has 0 unspecified atom stereocenters. The average molecular weight is 409 g/mol. The molecule has 150 valence electrons. The zero-order valence-corrected chi connectivity index (χ0v) is 17.3. The van der Waals surface area contributed by atoms with E-state index < -0.39 is 0 Å². The van der Waals surface area contributed by atoms with Crippen molar-refractivity contribution in [3.05, 3.63) is 115 Å². The molecule has 7 aromatic rings. The molecule has 0 N–H and O–H groups in total. The maximum absolute atomic E-state index is 5.31. The van der Waals surface area contributed by atoms with E-state index in [1.54, 1.807) is 0 Å². The highest BCUT2D eigenvalue weighted by Crippen LogP contribution is 2.37. The van der Waals surface area contributed by atoms with Crippen molar-refractivity contribution >= 4 is 43.9 Å². The lowest BCUT2D eigenvalue weighted by Gasteiger charge is -2.08. The van der Waals surface area contributed by atoms with Crippen molar-refractivity contribution in [1.29, 1.82) is 0 Å². The number of para-hydroxylation sites is 4. The van der Waals surface area contributed by atoms with Crippen molar-refractivity contribution in [3.8, 4) is 11.4 Å². The van der Waals surface area contributed by atoms with Gasteiger partial charge < -0.3 is 4.57 Å². The summed E-state index contributed by atoms with van der Waals surface area (Å²) in [5, 5.41) is 3.54. The predicted molar refractivity (Wildman–Crippen MR) is 133 cm³/mol. The van der Waals surface area contributed by atoms with E-state index in [9.17, 15) is 0 Å². The van der Waals surface area contributed by atoms with Gasteiger partial charge in [-0.25, -0.2) is 4.98 Å². The maximum atomic E-state index is 5.31. The van der Waals surface area contributed by atoms with Crippen molar-refractivity contribution in [1.82, 2.24) is 14.1 Å². The van der Waals surface area contributed by atoms with Crippen molar-refractivity contribution < 1.29 is 0 Å². The molecule has 0 spiro atoms. The first-order chi connectivity index (χ1) is 15.9. The summed E-state index contributed by atoms with van der Waals surface area (Å²) in [6, 6.07) is 40.5. The number of pyridine rings is 1. The van der Waals surface area contributed by atoms with E-state index in [2.05, 4.69) is 124 Å². The third-order valence-electron chi connectivity index (χ3n) is 6.30. The van der Waals surface area contributed by atoms with Gasteiger partial charge in [-0.3, -0.25) is 4.57 Å². The van der Waals surface area contributed by atoms with Crippen LogP contribution in [0.25, 0.3) is 55.2 Å². The Morgan fingerprint density at radius 3 is 1.66 bits per heavy atom. The highest BCUT2D eigenvalue weighted by atomic mass is 15.1. The van der Waals surface area contributed by atoms with Crippen LogP contribution in [0.3, 0.4) is 0 Å². The van der Waals surface area contributed by atoms with Crippen LogP contribution >= 0.6 is 0 Å². The maximum Gasteiger partial charge on any atom is 0.146 e. The third-order valence-corrected chi connectivity index (χ3v) is 6.30. The molecule has 0 aliphatic rings. The summed E-state index contributed by atoms with van der Waals surface area (Å²) in [7, 11) is 0. The van der Waals surface area contributed by atoms with Gasteiger partial charge in [0.2, 0.25) is 0 Å². The zero-order chi connectivity index (χ0) is 21.1. The molecule has 32 heavy (non-hydrogen) atoms. The minimum Gasteiger partial charge on any atom is -0.308 e. The first-order valence-electron chi connectivity index (χ1n) is 10.8. The van der Waals surface area contributed by atoms with Gasteiger partial charge in [-0.05, 0) is 42.5 Å². The van der Waals surface area contributed by atoms with Gasteiger partial charge in [0.1, 0.15) is 5.65 Å². The second kappa shape index (κ2) is 6.56. The van der Waals surface area contributed by atoms with Crippen LogP contribution in [-0.4, -0.2) is 14.1 Å². The van der Waals surface area contributed by atoms with E-state index in [-0.39, 0.29) is 0 Å². The molecule has 0 fully saturated rings. The number of hydrogen-bond acceptors (Lipinski definition) is 1. The lowest BCUT2D eigenvalue weighted by molar-refractivity contribution is 1.14. The van der Waals surface area contributed by atoms with Gasteiger partial charge in [0, 0.05) is 27.5 Å². The molecule has 0 atom stereocenters. The molecule has 0 aliphatic carbocycles. The van der Waals surface area contributed by atoms with Crippen LogP contribution < -0.4 is 0 Å². The summed E-state index contributed by atoms with van der Waals surface area (Å²) in [6.45, 7) is 0. The Bertz CT molecular complexity index is 1620. The molecule has 3 nitrogen and oxygen atoms in total. The standard InChI is InChI=1S/C29H19N3/c1-3-11-20(12-4-1)31-26-18-10-8-16-23(26)28-27(31)19-24-22-15-7-9-17-25(22)32(29(24)30-28)21-13-5-2-6-14-21/h1-19H. The number of aromatic nitrogens is 3. The first kappa shape index (κ1) is 17.3. The van der Waals surface area contributed by atoms with Crippen molar-refractivity contribution in [2.24, 2.45) is 0 Å². The molecule has 0 saturated carbocycles. The lowest BCUT2D eigenvalue weighted by Crippen LogP contribution is -1.96. The van der Waals surface area contributed by atoms with Gasteiger partial charge in [-0.15, -0.1) is 0 Å². The Balaban J connectivity index is 1.71. The SMILES string of the molecule is c1ccc(-n2c3ccccc3c3nc4c(cc32)c2ccccc2n4-c2ccccc2)cc1. The summed E-state index contributed by atoms with van der Waals surface area (Å²) in [5.41, 5.74) is 7.75. The molecule has 0 saturated heterocycles. The second-order valence-electron chi connectivity index (χ2n) is 8.10. The normalized spacial score (nSPS) is 11.8. The topological polar surface area (TPSA) is 22.8 Å². The van der Waals surface area contributed by atoms with E-state index in [1.807, 2.05) is 0 Å². The average Bonchev–Trinajstić information content (AvgIpc) is 3.36. The number of benzene rings is 4. The largest absolute Gasteiger partial charge is 0.308 e. The van der Waals surface area contributed by atoms with Gasteiger partial charge in [0.25, 0.3) is 0 Å². The van der Waals surface area contributed by atoms with Crippen LogP contribution in [0.2, 0.25) is 0 Å². The van der Waals surface area contributed by atoms with Crippen molar-refractivity contribution in [2.75, 3.05) is 0 Å². The monoisotopic (exact) mass is 409 g/mol. The molecule has 0 amide bonds. The molecule has 0 bridgehead atoms. The van der Waals surface area contributed by atoms with Crippen LogP contribution in [0.5, 0.6) is 0 Å². The number of fused-ring (bicyclic) bond motifs is 6. The first-order valence-corrected chi connectivity index (χ1v) is 10.8. The second-order valence-corrected chi connectivity index (χ2v) is 8.10. The van der Waals surface area contributed by atoms with Gasteiger partial charge >= 0.3 is 0 Å². The van der Waals surface area contributed by atoms with Crippen LogP contribution in [0.15, 0.2) is 115 Å². The van der Waals surface area contributed by atoms with Crippen molar-refractivity contribution in [2.45, 2.75) is 0 Å². The fourth-order valence-corrected chi connectivity index (χ4v) is 4.93. The highest BCUT2D eigenvalue weighted by molar-refractivity contribution is 6.15. The smallest absolute Gasteiger partial charge is 0.146 e. The molecular formula is C29H19N3. The van der Waals surface area contributed by atoms with Gasteiger partial charge in [0.05, 0.1) is 22.1 Å². The summed E-state index contributed by atoms with van der Waals surface area (Å²) in [5.74, 6) is 0. The fraction of sp³-hybridized carbons (Fsp3) is 0. The fourth-order valence-electron chi connectivity index (χ4n) is 4.93. The zero-order valence-electron chi connectivity index (χ0n) is 17.3. The molecule has 3 heterocycles. The van der Waals surface area contributed by atoms with Crippen LogP contribution in [0.1, 0.15) is 0 Å². The van der Waals surface area contributed by atoms with Crippen LogP contribution in [-0.2, 0) is 0 Å². The van der Waals surface area contributed by atoms with Gasteiger partial charge in [0.15, 0.2) is 0 Å². The lowest BCUT2D eigenvalue weighted by atomic mass is 10.2. The van der Waals surface area contributed by atoms with Gasteiger partial charge in [-0.2, -0.15) is 0 Å². The van der Waals surface area contributed by atoms with E-state index in [1.165, 1.54) is 16.4 Å². The number of hydrogen-bond donors (Lipinski definition) is 0. The molecule has 4 aromatic carbocycles. The molecule has 3 aromatic heterocycles. The number of rotatable bonds is 2. The predicted octanol–water partition coefficient (Wildman–Crippen LogP) is 7.28. The molecule has 0 aliphatic heterocycles. The van der Waals surface area contributed by atoms with Gasteiger partial charge in [-0.1, -0.05) is 72.8 Å². The summed E-state index contributed by atoms with van der Waals surface area (Å²) in [4.78, 5) is 5.31. The molecular weight excluding hydrogens is 390 g/mol. The quantitative estimate of drug-likeness (QED) is 0.294. The summed E-state index contributed by atoms with van der Waals surface area (Å²) >= 11 is 0. The molecule has 3 heteroatoms. The Hall–Kier alpha value is -4.37. The van der Waals surface area contributed by atoms with E-state index in [4.69, 9.17) is 4.98 Å². The highest BCUT2D eigenvalue weighted by Gasteiger charge is 2.19. The van der Waals surface area contributed by atoms with Crippen molar-refractivity contribution in [3.63, 3.8) is 0 Å². The Labute approximate surface area is 184 Å². The Morgan fingerprint density at radius 2 is 0.969 bits per heavy atom. The van der Waals surface area contributed by atoms with E-state index in [0.29, 0.717) is 0 Å². The molecule has 7 rings (SSSR count). The molecule has 0 radical (unpaired) electrons. The Kier molecular flexibility index (Phi) is 3.55. The minimum absolute atomic E-state index is 0.987. The van der Waals surface area contributed by atoms with Crippen LogP contribution in [0.4, 0.5) is 0 Å². The minimum atomic E-state index is 0.987. The Morgan fingerprint density at radius 1 is 0.438 bits per heavy atom. The number of nitrogens with zero attached hydrogens (tertiary/aromatic N) is 3. The third kappa shape index (κ3) is 2.33.